The Hall–Kier alpha value is 0.137. The number of unbranched alkanes of at least 4 members (excludes halogenated alkanes) is 3. The van der Waals surface area contributed by atoms with Crippen LogP contribution in [0.15, 0.2) is 0 Å². The van der Waals surface area contributed by atoms with Crippen LogP contribution in [0.5, 0.6) is 0 Å². The second-order valence-electron chi connectivity index (χ2n) is 6.00. The third-order valence-electron chi connectivity index (χ3n) is 4.85. The van der Waals surface area contributed by atoms with E-state index >= 15 is 0 Å². The SMILES string of the molecule is CCCCCC[Si](OC)(OC)C(C)(C)C(C)CC. The van der Waals surface area contributed by atoms with Crippen molar-refractivity contribution in [2.24, 2.45) is 5.92 Å². The van der Waals surface area contributed by atoms with Gasteiger partial charge < -0.3 is 8.85 Å². The minimum absolute atomic E-state index is 0.164. The van der Waals surface area contributed by atoms with Crippen LogP contribution < -0.4 is 0 Å². The van der Waals surface area contributed by atoms with Gasteiger partial charge >= 0.3 is 8.56 Å². The molecule has 2 nitrogen and oxygen atoms in total. The van der Waals surface area contributed by atoms with E-state index in [1.807, 2.05) is 14.2 Å². The second-order valence-corrected chi connectivity index (χ2v) is 10.1. The number of hydrogen-bond donors (Lipinski definition) is 0. The topological polar surface area (TPSA) is 18.5 Å². The van der Waals surface area contributed by atoms with E-state index in [4.69, 9.17) is 8.85 Å². The maximum Gasteiger partial charge on any atom is 0.343 e. The van der Waals surface area contributed by atoms with Crippen LogP contribution in [-0.4, -0.2) is 22.8 Å². The summed E-state index contributed by atoms with van der Waals surface area (Å²) in [4.78, 5) is 0. The molecule has 0 saturated heterocycles. The fraction of sp³-hybridized carbons (Fsp3) is 1.00. The van der Waals surface area contributed by atoms with E-state index in [0.29, 0.717) is 5.92 Å². The summed E-state index contributed by atoms with van der Waals surface area (Å²) in [5.41, 5.74) is 0. The molecule has 0 heterocycles. The zero-order valence-corrected chi connectivity index (χ0v) is 14.6. The van der Waals surface area contributed by atoms with Gasteiger partial charge in [-0.25, -0.2) is 0 Å². The first kappa shape index (κ1) is 18.1. The van der Waals surface area contributed by atoms with Gasteiger partial charge in [-0.1, -0.05) is 66.7 Å². The Labute approximate surface area is 116 Å². The van der Waals surface area contributed by atoms with Crippen molar-refractivity contribution in [2.75, 3.05) is 14.2 Å². The Kier molecular flexibility index (Phi) is 8.40. The van der Waals surface area contributed by atoms with Crippen LogP contribution in [-0.2, 0) is 8.85 Å². The van der Waals surface area contributed by atoms with Crippen LogP contribution in [0.4, 0.5) is 0 Å². The van der Waals surface area contributed by atoms with Crippen molar-refractivity contribution in [1.82, 2.24) is 0 Å². The molecule has 0 spiro atoms. The highest BCUT2D eigenvalue weighted by Gasteiger charge is 2.52. The largest absolute Gasteiger partial charge is 0.397 e. The monoisotopic (exact) mass is 274 g/mol. The van der Waals surface area contributed by atoms with Crippen LogP contribution in [0.1, 0.15) is 66.7 Å². The summed E-state index contributed by atoms with van der Waals surface area (Å²) < 4.78 is 11.9. The average molecular weight is 275 g/mol. The summed E-state index contributed by atoms with van der Waals surface area (Å²) in [5, 5.41) is 0.164. The van der Waals surface area contributed by atoms with E-state index < -0.39 is 8.56 Å². The summed E-state index contributed by atoms with van der Waals surface area (Å²) >= 11 is 0. The molecule has 0 amide bonds. The molecule has 0 rings (SSSR count). The molecule has 0 aliphatic carbocycles. The van der Waals surface area contributed by atoms with Crippen molar-refractivity contribution in [3.8, 4) is 0 Å². The van der Waals surface area contributed by atoms with Gasteiger partial charge in [0.1, 0.15) is 0 Å². The Bertz CT molecular complexity index is 213. The van der Waals surface area contributed by atoms with Gasteiger partial charge in [0.15, 0.2) is 0 Å². The van der Waals surface area contributed by atoms with E-state index in [1.165, 1.54) is 32.1 Å². The quantitative estimate of drug-likeness (QED) is 0.406. The minimum atomic E-state index is -2.11. The molecule has 0 aromatic heterocycles. The molecule has 0 saturated carbocycles. The van der Waals surface area contributed by atoms with Crippen LogP contribution in [0.25, 0.3) is 0 Å². The van der Waals surface area contributed by atoms with Gasteiger partial charge in [-0.15, -0.1) is 0 Å². The second kappa shape index (κ2) is 8.34. The molecule has 0 aromatic carbocycles. The fourth-order valence-electron chi connectivity index (χ4n) is 2.81. The molecule has 0 aliphatic heterocycles. The number of hydrogen-bond acceptors (Lipinski definition) is 2. The smallest absolute Gasteiger partial charge is 0.343 e. The summed E-state index contributed by atoms with van der Waals surface area (Å²) in [6, 6.07) is 1.12. The van der Waals surface area contributed by atoms with E-state index in [0.717, 1.165) is 6.04 Å². The molecular formula is C15H34O2Si. The lowest BCUT2D eigenvalue weighted by Gasteiger charge is -2.45. The highest BCUT2D eigenvalue weighted by atomic mass is 28.4. The van der Waals surface area contributed by atoms with E-state index in [1.54, 1.807) is 0 Å². The zero-order chi connectivity index (χ0) is 14.2. The van der Waals surface area contributed by atoms with Gasteiger partial charge in [0.2, 0.25) is 0 Å². The molecular weight excluding hydrogens is 240 g/mol. The van der Waals surface area contributed by atoms with E-state index in [9.17, 15) is 0 Å². The third kappa shape index (κ3) is 4.07. The van der Waals surface area contributed by atoms with Crippen molar-refractivity contribution in [2.45, 2.75) is 77.8 Å². The van der Waals surface area contributed by atoms with Crippen molar-refractivity contribution in [3.05, 3.63) is 0 Å². The van der Waals surface area contributed by atoms with E-state index in [2.05, 4.69) is 34.6 Å². The van der Waals surface area contributed by atoms with Crippen molar-refractivity contribution in [3.63, 3.8) is 0 Å². The predicted molar refractivity (Wildman–Crippen MR) is 82.2 cm³/mol. The Morgan fingerprint density at radius 2 is 1.56 bits per heavy atom. The fourth-order valence-corrected chi connectivity index (χ4v) is 6.75. The lowest BCUT2D eigenvalue weighted by molar-refractivity contribution is 0.185. The lowest BCUT2D eigenvalue weighted by atomic mass is 9.94. The summed E-state index contributed by atoms with van der Waals surface area (Å²) in [6.07, 6.45) is 6.32. The first-order valence-corrected chi connectivity index (χ1v) is 9.54. The highest BCUT2D eigenvalue weighted by Crippen LogP contribution is 2.48. The zero-order valence-electron chi connectivity index (χ0n) is 13.6. The minimum Gasteiger partial charge on any atom is -0.397 e. The van der Waals surface area contributed by atoms with Gasteiger partial charge in [0.25, 0.3) is 0 Å². The average Bonchev–Trinajstić information content (AvgIpc) is 2.38. The number of rotatable bonds is 10. The molecule has 0 radical (unpaired) electrons. The Balaban J connectivity index is 4.78. The van der Waals surface area contributed by atoms with Gasteiger partial charge in [-0.2, -0.15) is 0 Å². The van der Waals surface area contributed by atoms with Crippen LogP contribution in [0.2, 0.25) is 11.1 Å². The molecule has 1 unspecified atom stereocenters. The summed E-state index contributed by atoms with van der Waals surface area (Å²) in [6.45, 7) is 11.5. The van der Waals surface area contributed by atoms with Gasteiger partial charge in [-0.3, -0.25) is 0 Å². The lowest BCUT2D eigenvalue weighted by Crippen LogP contribution is -2.52. The molecule has 18 heavy (non-hydrogen) atoms. The van der Waals surface area contributed by atoms with Gasteiger partial charge in [0, 0.05) is 19.3 Å². The van der Waals surface area contributed by atoms with Crippen molar-refractivity contribution in [1.29, 1.82) is 0 Å². The van der Waals surface area contributed by atoms with Crippen LogP contribution in [0, 0.1) is 5.92 Å². The van der Waals surface area contributed by atoms with Gasteiger partial charge in [-0.05, 0) is 12.0 Å². The van der Waals surface area contributed by atoms with Crippen LogP contribution in [0.3, 0.4) is 0 Å². The Morgan fingerprint density at radius 1 is 1.00 bits per heavy atom. The third-order valence-corrected chi connectivity index (χ3v) is 9.63. The summed E-state index contributed by atoms with van der Waals surface area (Å²) in [5.74, 6) is 0.634. The molecule has 110 valence electrons. The van der Waals surface area contributed by atoms with Crippen molar-refractivity contribution < 1.29 is 8.85 Å². The first-order valence-electron chi connectivity index (χ1n) is 7.52. The molecule has 0 fully saturated rings. The maximum atomic E-state index is 5.97. The standard InChI is InChI=1S/C15H34O2Si/c1-8-10-11-12-13-18(16-6,17-7)15(4,5)14(3)9-2/h14H,8-13H2,1-7H3. The molecule has 0 bridgehead atoms. The summed E-state index contributed by atoms with van der Waals surface area (Å²) in [7, 11) is 1.59. The normalized spacial score (nSPS) is 14.8. The van der Waals surface area contributed by atoms with Crippen molar-refractivity contribution >= 4 is 8.56 Å². The van der Waals surface area contributed by atoms with Gasteiger partial charge in [0.05, 0.1) is 0 Å². The molecule has 3 heteroatoms. The first-order chi connectivity index (χ1) is 8.41. The molecule has 0 N–H and O–H groups in total. The molecule has 0 aliphatic rings. The molecule has 0 aromatic rings. The predicted octanol–water partition coefficient (Wildman–Crippen LogP) is 5.13. The van der Waals surface area contributed by atoms with Crippen LogP contribution >= 0.6 is 0 Å². The maximum absolute atomic E-state index is 5.97. The highest BCUT2D eigenvalue weighted by molar-refractivity contribution is 6.70. The molecule has 1 atom stereocenters. The Morgan fingerprint density at radius 3 is 1.94 bits per heavy atom. The van der Waals surface area contributed by atoms with E-state index in [-0.39, 0.29) is 5.04 Å².